The first-order chi connectivity index (χ1) is 16.0. The molecule has 3 aromatic rings. The number of benzene rings is 3. The minimum atomic E-state index is -4.10. The molecule has 34 heavy (non-hydrogen) atoms. The van der Waals surface area contributed by atoms with Gasteiger partial charge in [-0.3, -0.25) is 8.61 Å². The van der Waals surface area contributed by atoms with Crippen LogP contribution in [0.4, 0.5) is 11.4 Å². The highest BCUT2D eigenvalue weighted by molar-refractivity contribution is 7.93. The Morgan fingerprint density at radius 3 is 1.97 bits per heavy atom. The standard InChI is InChI=1S/C24H28N2O6S2/c1-19-13-15-20(16-14-19)25(33(3,28)29)17-21(27)18-26(23-11-7-8-12-24(23)32-2)34(30,31)22-9-5-4-6-10-22/h4-16,21,27H,17-18H2,1-3H3. The van der Waals surface area contributed by atoms with E-state index in [9.17, 15) is 21.9 Å². The Morgan fingerprint density at radius 1 is 0.824 bits per heavy atom. The lowest BCUT2D eigenvalue weighted by Crippen LogP contribution is -2.44. The van der Waals surface area contributed by atoms with E-state index in [0.717, 1.165) is 20.4 Å². The maximum Gasteiger partial charge on any atom is 0.264 e. The lowest BCUT2D eigenvalue weighted by Gasteiger charge is -2.30. The molecule has 0 heterocycles. The van der Waals surface area contributed by atoms with Gasteiger partial charge in [0.15, 0.2) is 0 Å². The summed E-state index contributed by atoms with van der Waals surface area (Å²) in [6, 6.07) is 21.2. The van der Waals surface area contributed by atoms with Crippen LogP contribution in [0.1, 0.15) is 5.56 Å². The molecule has 0 saturated heterocycles. The minimum Gasteiger partial charge on any atom is -0.495 e. The van der Waals surface area contributed by atoms with Gasteiger partial charge in [-0.2, -0.15) is 0 Å². The zero-order valence-electron chi connectivity index (χ0n) is 19.2. The van der Waals surface area contributed by atoms with Gasteiger partial charge in [-0.05, 0) is 43.3 Å². The number of methoxy groups -OCH3 is 1. The van der Waals surface area contributed by atoms with Crippen molar-refractivity contribution < 1.29 is 26.7 Å². The maximum absolute atomic E-state index is 13.6. The second-order valence-corrected chi connectivity index (χ2v) is 11.6. The number of anilines is 2. The average Bonchev–Trinajstić information content (AvgIpc) is 2.81. The van der Waals surface area contributed by atoms with Gasteiger partial charge in [0.25, 0.3) is 10.0 Å². The molecule has 0 aromatic heterocycles. The van der Waals surface area contributed by atoms with Gasteiger partial charge in [-0.15, -0.1) is 0 Å². The van der Waals surface area contributed by atoms with E-state index in [0.29, 0.717) is 11.4 Å². The third-order valence-electron chi connectivity index (χ3n) is 5.16. The Bertz CT molecular complexity index is 1310. The first kappa shape index (κ1) is 25.5. The molecule has 0 aliphatic carbocycles. The van der Waals surface area contributed by atoms with Crippen LogP contribution in [-0.2, 0) is 20.0 Å². The van der Waals surface area contributed by atoms with Crippen LogP contribution in [0.5, 0.6) is 5.75 Å². The van der Waals surface area contributed by atoms with Crippen LogP contribution in [0.3, 0.4) is 0 Å². The summed E-state index contributed by atoms with van der Waals surface area (Å²) < 4.78 is 59.6. The van der Waals surface area contributed by atoms with Crippen LogP contribution in [0.25, 0.3) is 0 Å². The lowest BCUT2D eigenvalue weighted by atomic mass is 10.2. The van der Waals surface area contributed by atoms with E-state index < -0.39 is 32.7 Å². The van der Waals surface area contributed by atoms with Crippen LogP contribution >= 0.6 is 0 Å². The Kier molecular flexibility index (Phi) is 7.86. The molecule has 0 aliphatic rings. The summed E-state index contributed by atoms with van der Waals surface area (Å²) in [6.45, 7) is 1.15. The first-order valence-electron chi connectivity index (χ1n) is 10.5. The zero-order chi connectivity index (χ0) is 24.9. The molecule has 0 spiro atoms. The summed E-state index contributed by atoms with van der Waals surface area (Å²) >= 11 is 0. The lowest BCUT2D eigenvalue weighted by molar-refractivity contribution is 0.193. The van der Waals surface area contributed by atoms with E-state index >= 15 is 0 Å². The van der Waals surface area contributed by atoms with E-state index in [1.54, 1.807) is 66.7 Å². The van der Waals surface area contributed by atoms with Crippen molar-refractivity contribution in [2.45, 2.75) is 17.9 Å². The highest BCUT2D eigenvalue weighted by Gasteiger charge is 2.31. The van der Waals surface area contributed by atoms with E-state index in [1.807, 2.05) is 6.92 Å². The molecular weight excluding hydrogens is 476 g/mol. The number of hydrogen-bond donors (Lipinski definition) is 1. The molecule has 0 saturated carbocycles. The molecule has 1 N–H and O–H groups in total. The number of aliphatic hydroxyl groups excluding tert-OH is 1. The van der Waals surface area contributed by atoms with Crippen molar-refractivity contribution >= 4 is 31.4 Å². The van der Waals surface area contributed by atoms with Crippen LogP contribution < -0.4 is 13.3 Å². The Hall–Kier alpha value is -3.08. The Labute approximate surface area is 201 Å². The molecule has 182 valence electrons. The van der Waals surface area contributed by atoms with Gasteiger partial charge < -0.3 is 9.84 Å². The molecule has 1 atom stereocenters. The van der Waals surface area contributed by atoms with Gasteiger partial charge in [0.2, 0.25) is 10.0 Å². The smallest absolute Gasteiger partial charge is 0.264 e. The van der Waals surface area contributed by atoms with Crippen molar-refractivity contribution in [1.82, 2.24) is 0 Å². The summed E-state index contributed by atoms with van der Waals surface area (Å²) in [5.74, 6) is 0.299. The number of aliphatic hydroxyl groups is 1. The number of nitrogens with zero attached hydrogens (tertiary/aromatic N) is 2. The van der Waals surface area contributed by atoms with Gasteiger partial charge in [-0.25, -0.2) is 16.8 Å². The summed E-state index contributed by atoms with van der Waals surface area (Å²) in [6.07, 6.45) is -0.308. The third kappa shape index (κ3) is 5.88. The molecule has 0 bridgehead atoms. The highest BCUT2D eigenvalue weighted by Crippen LogP contribution is 2.32. The molecule has 0 fully saturated rings. The minimum absolute atomic E-state index is 0.0339. The quantitative estimate of drug-likeness (QED) is 0.455. The number of sulfonamides is 2. The molecule has 3 rings (SSSR count). The monoisotopic (exact) mass is 504 g/mol. The predicted octanol–water partition coefficient (Wildman–Crippen LogP) is 3.03. The average molecular weight is 505 g/mol. The number of aryl methyl sites for hydroxylation is 1. The zero-order valence-corrected chi connectivity index (χ0v) is 20.8. The second kappa shape index (κ2) is 10.5. The van der Waals surface area contributed by atoms with Gasteiger partial charge in [0.1, 0.15) is 5.75 Å². The van der Waals surface area contributed by atoms with Crippen LogP contribution in [0.2, 0.25) is 0 Å². The van der Waals surface area contributed by atoms with Crippen LogP contribution in [0, 0.1) is 6.92 Å². The largest absolute Gasteiger partial charge is 0.495 e. The molecule has 0 amide bonds. The molecule has 8 nitrogen and oxygen atoms in total. The second-order valence-electron chi connectivity index (χ2n) is 7.80. The van der Waals surface area contributed by atoms with E-state index in [-0.39, 0.29) is 17.1 Å². The topological polar surface area (TPSA) is 104 Å². The van der Waals surface area contributed by atoms with E-state index in [1.165, 1.54) is 19.2 Å². The fourth-order valence-electron chi connectivity index (χ4n) is 3.47. The van der Waals surface area contributed by atoms with Crippen LogP contribution in [0.15, 0.2) is 83.8 Å². The number of hydrogen-bond acceptors (Lipinski definition) is 6. The third-order valence-corrected chi connectivity index (χ3v) is 8.11. The molecular formula is C24H28N2O6S2. The number of para-hydroxylation sites is 2. The van der Waals surface area contributed by atoms with Gasteiger partial charge >= 0.3 is 0 Å². The summed E-state index contributed by atoms with van der Waals surface area (Å²) in [5.41, 5.74) is 1.56. The molecule has 0 aliphatic heterocycles. The van der Waals surface area contributed by atoms with Crippen LogP contribution in [-0.4, -0.2) is 54.5 Å². The van der Waals surface area contributed by atoms with Gasteiger partial charge in [0.05, 0.1) is 48.8 Å². The molecule has 10 heteroatoms. The number of ether oxygens (including phenoxy) is 1. The summed E-state index contributed by atoms with van der Waals surface area (Å²) in [7, 11) is -6.42. The molecule has 0 radical (unpaired) electrons. The van der Waals surface area contributed by atoms with Crippen molar-refractivity contribution in [1.29, 1.82) is 0 Å². The SMILES string of the molecule is COc1ccccc1N(CC(O)CN(c1ccc(C)cc1)S(C)(=O)=O)S(=O)(=O)c1ccccc1. The van der Waals surface area contributed by atoms with E-state index in [4.69, 9.17) is 4.74 Å². The Balaban J connectivity index is 1.99. The highest BCUT2D eigenvalue weighted by atomic mass is 32.2. The van der Waals surface area contributed by atoms with Crippen molar-refractivity contribution in [3.8, 4) is 5.75 Å². The molecule has 1 unspecified atom stereocenters. The van der Waals surface area contributed by atoms with Crippen molar-refractivity contribution in [3.05, 3.63) is 84.4 Å². The Morgan fingerprint density at radius 2 is 1.38 bits per heavy atom. The maximum atomic E-state index is 13.6. The summed E-state index contributed by atoms with van der Waals surface area (Å²) in [4.78, 5) is 0.0339. The normalized spacial score (nSPS) is 12.7. The predicted molar refractivity (Wildman–Crippen MR) is 133 cm³/mol. The summed E-state index contributed by atoms with van der Waals surface area (Å²) in [5, 5.41) is 11.0. The fourth-order valence-corrected chi connectivity index (χ4v) is 5.95. The van der Waals surface area contributed by atoms with Crippen molar-refractivity contribution in [3.63, 3.8) is 0 Å². The van der Waals surface area contributed by atoms with E-state index in [2.05, 4.69) is 0 Å². The van der Waals surface area contributed by atoms with Crippen molar-refractivity contribution in [2.75, 3.05) is 35.1 Å². The fraction of sp³-hybridized carbons (Fsp3) is 0.250. The van der Waals surface area contributed by atoms with Crippen molar-refractivity contribution in [2.24, 2.45) is 0 Å². The van der Waals surface area contributed by atoms with Gasteiger partial charge in [0, 0.05) is 0 Å². The molecule has 3 aromatic carbocycles. The number of rotatable bonds is 10. The first-order valence-corrected chi connectivity index (χ1v) is 13.8. The van der Waals surface area contributed by atoms with Gasteiger partial charge in [-0.1, -0.05) is 48.0 Å².